The fourth-order valence-electron chi connectivity index (χ4n) is 2.42. The fraction of sp³-hybridized carbons (Fsp3) is 0.750. The molecule has 0 atom stereocenters. The number of hydrogen-bond donors (Lipinski definition) is 1. The third-order valence-corrected chi connectivity index (χ3v) is 3.90. The zero-order chi connectivity index (χ0) is 18.7. The van der Waals surface area contributed by atoms with Gasteiger partial charge >= 0.3 is 11.9 Å². The van der Waals surface area contributed by atoms with Gasteiger partial charge in [0.2, 0.25) is 5.91 Å². The van der Waals surface area contributed by atoms with Crippen LogP contribution in [0.1, 0.15) is 46.0 Å². The van der Waals surface area contributed by atoms with Gasteiger partial charge in [-0.05, 0) is 38.9 Å². The van der Waals surface area contributed by atoms with Crippen molar-refractivity contribution in [1.82, 2.24) is 15.3 Å². The number of nitrogens with zero attached hydrogens (tertiary/aromatic N) is 2. The summed E-state index contributed by atoms with van der Waals surface area (Å²) in [6.07, 6.45) is 1.99. The van der Waals surface area contributed by atoms with Gasteiger partial charge < -0.3 is 14.8 Å². The molecule has 1 fully saturated rings. The summed E-state index contributed by atoms with van der Waals surface area (Å²) in [6, 6.07) is 0. The number of esters is 2. The maximum Gasteiger partial charge on any atom is 0.307 e. The number of carbonyl (C=O) groups is 3. The molecule has 1 saturated heterocycles. The Labute approximate surface area is 153 Å². The van der Waals surface area contributed by atoms with Crippen molar-refractivity contribution in [2.75, 3.05) is 32.8 Å². The van der Waals surface area contributed by atoms with Crippen molar-refractivity contribution in [2.45, 2.75) is 46.0 Å². The highest BCUT2D eigenvalue weighted by atomic mass is 32.1. The van der Waals surface area contributed by atoms with Gasteiger partial charge in [-0.1, -0.05) is 0 Å². The molecule has 0 aromatic carbocycles. The second-order valence-electron chi connectivity index (χ2n) is 5.44. The van der Waals surface area contributed by atoms with E-state index < -0.39 is 0 Å². The van der Waals surface area contributed by atoms with E-state index in [-0.39, 0.29) is 37.1 Å². The minimum atomic E-state index is -0.287. The number of carbonyl (C=O) groups excluding carboxylic acids is 3. The largest absolute Gasteiger partial charge is 0.466 e. The first kappa shape index (κ1) is 21.1. The molecule has 0 aromatic rings. The van der Waals surface area contributed by atoms with Gasteiger partial charge in [0.25, 0.3) is 0 Å². The molecule has 0 aromatic heterocycles. The summed E-state index contributed by atoms with van der Waals surface area (Å²) in [7, 11) is 0. The highest BCUT2D eigenvalue weighted by Crippen LogP contribution is 2.14. The van der Waals surface area contributed by atoms with Crippen molar-refractivity contribution in [1.29, 1.82) is 0 Å². The lowest BCUT2D eigenvalue weighted by Crippen LogP contribution is -2.49. The zero-order valence-corrected chi connectivity index (χ0v) is 15.7. The van der Waals surface area contributed by atoms with Crippen LogP contribution in [0.4, 0.5) is 0 Å². The van der Waals surface area contributed by atoms with Crippen molar-refractivity contribution in [3.05, 3.63) is 0 Å². The second kappa shape index (κ2) is 11.6. The van der Waals surface area contributed by atoms with Crippen LogP contribution in [-0.2, 0) is 23.9 Å². The number of hydrazine groups is 1. The van der Waals surface area contributed by atoms with Crippen molar-refractivity contribution in [2.24, 2.45) is 0 Å². The number of ether oxygens (including phenoxy) is 2. The van der Waals surface area contributed by atoms with Crippen LogP contribution < -0.4 is 5.32 Å². The lowest BCUT2D eigenvalue weighted by Gasteiger charge is -2.30. The Balaban J connectivity index is 2.36. The second-order valence-corrected chi connectivity index (χ2v) is 5.83. The Kier molecular flexibility index (Phi) is 9.83. The van der Waals surface area contributed by atoms with Crippen molar-refractivity contribution >= 4 is 35.2 Å². The highest BCUT2D eigenvalue weighted by molar-refractivity contribution is 7.80. The third kappa shape index (κ3) is 7.68. The molecule has 1 aliphatic heterocycles. The predicted octanol–water partition coefficient (Wildman–Crippen LogP) is 0.997. The summed E-state index contributed by atoms with van der Waals surface area (Å²) < 4.78 is 9.70. The van der Waals surface area contributed by atoms with Crippen molar-refractivity contribution in [3.63, 3.8) is 0 Å². The summed E-state index contributed by atoms with van der Waals surface area (Å²) in [5, 5.41) is 6.71. The Hall–Kier alpha value is -1.90. The summed E-state index contributed by atoms with van der Waals surface area (Å²) >= 11 is 5.31. The van der Waals surface area contributed by atoms with E-state index in [0.29, 0.717) is 44.4 Å². The van der Waals surface area contributed by atoms with Gasteiger partial charge in [-0.3, -0.25) is 24.4 Å². The van der Waals surface area contributed by atoms with Crippen LogP contribution in [0.15, 0.2) is 0 Å². The van der Waals surface area contributed by atoms with E-state index in [0.717, 1.165) is 6.42 Å². The summed E-state index contributed by atoms with van der Waals surface area (Å²) in [4.78, 5) is 35.0. The van der Waals surface area contributed by atoms with E-state index in [1.165, 1.54) is 0 Å². The first-order valence-electron chi connectivity index (χ1n) is 8.66. The Bertz CT molecular complexity index is 444. The molecule has 1 heterocycles. The smallest absolute Gasteiger partial charge is 0.307 e. The lowest BCUT2D eigenvalue weighted by atomic mass is 10.2. The molecule has 8 nitrogen and oxygen atoms in total. The van der Waals surface area contributed by atoms with Gasteiger partial charge in [-0.15, -0.1) is 0 Å². The molecule has 9 heteroatoms. The highest BCUT2D eigenvalue weighted by Gasteiger charge is 2.28. The zero-order valence-electron chi connectivity index (χ0n) is 14.9. The van der Waals surface area contributed by atoms with Crippen LogP contribution in [0.5, 0.6) is 0 Å². The average Bonchev–Trinajstić information content (AvgIpc) is 3.05. The molecule has 0 bridgehead atoms. The molecule has 1 N–H and O–H groups in total. The Morgan fingerprint density at radius 2 is 1.56 bits per heavy atom. The van der Waals surface area contributed by atoms with Gasteiger partial charge in [0.05, 0.1) is 19.6 Å². The predicted molar refractivity (Wildman–Crippen MR) is 95.4 cm³/mol. The normalized spacial score (nSPS) is 13.5. The van der Waals surface area contributed by atoms with Crippen molar-refractivity contribution in [3.8, 4) is 0 Å². The van der Waals surface area contributed by atoms with E-state index in [2.05, 4.69) is 5.32 Å². The molecule has 1 rings (SSSR count). The van der Waals surface area contributed by atoms with E-state index >= 15 is 0 Å². The minimum absolute atomic E-state index is 0.0728. The fourth-order valence-corrected chi connectivity index (χ4v) is 2.72. The first-order valence-corrected chi connectivity index (χ1v) is 9.07. The Morgan fingerprint density at radius 3 is 2.20 bits per heavy atom. The molecular weight excluding hydrogens is 346 g/mol. The summed E-state index contributed by atoms with van der Waals surface area (Å²) in [6.45, 7) is 5.81. The molecule has 0 saturated carbocycles. The third-order valence-electron chi connectivity index (χ3n) is 3.54. The van der Waals surface area contributed by atoms with E-state index in [9.17, 15) is 14.4 Å². The van der Waals surface area contributed by atoms with Gasteiger partial charge in [0.15, 0.2) is 5.11 Å². The lowest BCUT2D eigenvalue weighted by molar-refractivity contribution is -0.144. The van der Waals surface area contributed by atoms with E-state index in [1.807, 2.05) is 0 Å². The SMILES string of the molecule is CCOC(=O)CCCC(=O)N1CCCN1C(=S)NCCC(=O)OCC. The van der Waals surface area contributed by atoms with Crippen LogP contribution in [0, 0.1) is 0 Å². The molecule has 0 aliphatic carbocycles. The van der Waals surface area contributed by atoms with Crippen LogP contribution in [-0.4, -0.2) is 65.8 Å². The Morgan fingerprint density at radius 1 is 0.960 bits per heavy atom. The monoisotopic (exact) mass is 373 g/mol. The summed E-state index contributed by atoms with van der Waals surface area (Å²) in [5.74, 6) is -0.646. The number of rotatable bonds is 9. The first-order chi connectivity index (χ1) is 12.0. The van der Waals surface area contributed by atoms with Crippen LogP contribution in [0.2, 0.25) is 0 Å². The van der Waals surface area contributed by atoms with Gasteiger partial charge in [-0.2, -0.15) is 0 Å². The van der Waals surface area contributed by atoms with E-state index in [4.69, 9.17) is 21.7 Å². The number of nitrogens with one attached hydrogen (secondary N) is 1. The minimum Gasteiger partial charge on any atom is -0.466 e. The average molecular weight is 373 g/mol. The number of thiocarbonyl (C=S) groups is 1. The molecule has 0 unspecified atom stereocenters. The molecule has 25 heavy (non-hydrogen) atoms. The van der Waals surface area contributed by atoms with Gasteiger partial charge in [-0.25, -0.2) is 0 Å². The van der Waals surface area contributed by atoms with E-state index in [1.54, 1.807) is 23.9 Å². The summed E-state index contributed by atoms with van der Waals surface area (Å²) in [5.41, 5.74) is 0. The maximum atomic E-state index is 12.3. The van der Waals surface area contributed by atoms with Crippen LogP contribution in [0.25, 0.3) is 0 Å². The quantitative estimate of drug-likeness (QED) is 0.473. The number of amides is 1. The van der Waals surface area contributed by atoms with Crippen molar-refractivity contribution < 1.29 is 23.9 Å². The van der Waals surface area contributed by atoms with Crippen LogP contribution in [0.3, 0.4) is 0 Å². The molecule has 0 spiro atoms. The van der Waals surface area contributed by atoms with Gasteiger partial charge in [0.1, 0.15) is 0 Å². The maximum absolute atomic E-state index is 12.3. The molecule has 1 amide bonds. The van der Waals surface area contributed by atoms with Crippen LogP contribution >= 0.6 is 12.2 Å². The standard InChI is InChI=1S/C16H27N3O5S/c1-3-23-14(21)8-5-7-13(20)18-11-6-12-19(18)16(25)17-10-9-15(22)24-4-2/h3-12H2,1-2H3,(H,17,25). The molecule has 142 valence electrons. The van der Waals surface area contributed by atoms with Gasteiger partial charge in [0, 0.05) is 32.5 Å². The molecule has 1 aliphatic rings. The number of hydrogen-bond acceptors (Lipinski definition) is 6. The molecule has 0 radical (unpaired) electrons. The molecular formula is C16H27N3O5S. The topological polar surface area (TPSA) is 88.2 Å².